The van der Waals surface area contributed by atoms with Crippen LogP contribution in [0.2, 0.25) is 0 Å². The molecule has 0 atom stereocenters. The Kier molecular flexibility index (Phi) is 3.16. The highest BCUT2D eigenvalue weighted by atomic mass is 15.3. The first-order valence-corrected chi connectivity index (χ1v) is 7.24. The summed E-state index contributed by atoms with van der Waals surface area (Å²) in [5, 5.41) is 0. The summed E-state index contributed by atoms with van der Waals surface area (Å²) in [6.07, 6.45) is 13.8. The number of rotatable bonds is 4. The van der Waals surface area contributed by atoms with Crippen LogP contribution in [0.15, 0.2) is 43.6 Å². The van der Waals surface area contributed by atoms with Gasteiger partial charge in [0.05, 0.1) is 0 Å². The second-order valence-corrected chi connectivity index (χ2v) is 5.64. The lowest BCUT2D eigenvalue weighted by Crippen LogP contribution is -2.42. The Morgan fingerprint density at radius 2 is 1.79 bits per heavy atom. The van der Waals surface area contributed by atoms with Crippen LogP contribution < -0.4 is 4.48 Å². The third kappa shape index (κ3) is 1.89. The predicted molar refractivity (Wildman–Crippen MR) is 84.0 cm³/mol. The molecule has 19 heavy (non-hydrogen) atoms. The molecule has 1 aliphatic carbocycles. The summed E-state index contributed by atoms with van der Waals surface area (Å²) < 4.78 is 0.857. The van der Waals surface area contributed by atoms with E-state index in [0.29, 0.717) is 0 Å². The molecule has 1 aliphatic heterocycles. The minimum Gasteiger partial charge on any atom is -0.258 e. The van der Waals surface area contributed by atoms with Crippen LogP contribution in [0.4, 0.5) is 5.69 Å². The number of nitrogens with zero attached hydrogens (tertiary/aromatic N) is 1. The highest BCUT2D eigenvalue weighted by molar-refractivity contribution is 5.77. The highest BCUT2D eigenvalue weighted by Gasteiger charge is 2.34. The van der Waals surface area contributed by atoms with Crippen molar-refractivity contribution in [1.29, 1.82) is 0 Å². The summed E-state index contributed by atoms with van der Waals surface area (Å²) in [4.78, 5) is 0. The summed E-state index contributed by atoms with van der Waals surface area (Å²) >= 11 is 0. The average Bonchev–Trinajstić information content (AvgIpc) is 2.79. The van der Waals surface area contributed by atoms with Crippen molar-refractivity contribution in [2.24, 2.45) is 0 Å². The Labute approximate surface area is 116 Å². The minimum atomic E-state index is 0.857. The molecule has 0 N–H and O–H groups in total. The predicted octanol–water partition coefficient (Wildman–Crippen LogP) is 4.23. The van der Waals surface area contributed by atoms with Gasteiger partial charge >= 0.3 is 0 Å². The van der Waals surface area contributed by atoms with Crippen molar-refractivity contribution in [3.05, 3.63) is 60.3 Å². The van der Waals surface area contributed by atoms with Gasteiger partial charge in [0, 0.05) is 17.7 Å². The van der Waals surface area contributed by atoms with Gasteiger partial charge in [0.25, 0.3) is 0 Å². The van der Waals surface area contributed by atoms with E-state index in [1.165, 1.54) is 36.9 Å². The maximum atomic E-state index is 3.93. The molecule has 0 spiro atoms. The zero-order valence-electron chi connectivity index (χ0n) is 11.6. The largest absolute Gasteiger partial charge is 0.258 e. The molecule has 0 amide bonds. The number of hydrogen-bond acceptors (Lipinski definition) is 0. The van der Waals surface area contributed by atoms with Crippen molar-refractivity contribution in [3.8, 4) is 0 Å². The molecular formula is C18H22N+. The van der Waals surface area contributed by atoms with Gasteiger partial charge in [-0.25, -0.2) is 0 Å². The first kappa shape index (κ1) is 12.4. The fourth-order valence-corrected chi connectivity index (χ4v) is 3.57. The third-order valence-electron chi connectivity index (χ3n) is 4.47. The minimum absolute atomic E-state index is 0.857. The average molecular weight is 252 g/mol. The van der Waals surface area contributed by atoms with Gasteiger partial charge in [0.2, 0.25) is 0 Å². The normalized spacial score (nSPS) is 18.7. The fourth-order valence-electron chi connectivity index (χ4n) is 3.57. The van der Waals surface area contributed by atoms with Crippen molar-refractivity contribution in [1.82, 2.24) is 4.48 Å². The van der Waals surface area contributed by atoms with E-state index in [-0.39, 0.29) is 0 Å². The van der Waals surface area contributed by atoms with Crippen LogP contribution in [0, 0.1) is 0 Å². The Morgan fingerprint density at radius 1 is 1.05 bits per heavy atom. The lowest BCUT2D eigenvalue weighted by atomic mass is 9.87. The van der Waals surface area contributed by atoms with Crippen LogP contribution in [0.25, 0.3) is 6.08 Å². The van der Waals surface area contributed by atoms with Crippen LogP contribution >= 0.6 is 0 Å². The maximum absolute atomic E-state index is 3.93. The Morgan fingerprint density at radius 3 is 2.53 bits per heavy atom. The van der Waals surface area contributed by atoms with Crippen LogP contribution in [-0.2, 0) is 12.8 Å². The number of hydrogen-bond donors (Lipinski definition) is 0. The zero-order valence-corrected chi connectivity index (χ0v) is 11.6. The Hall–Kier alpha value is -1.60. The lowest BCUT2D eigenvalue weighted by molar-refractivity contribution is 0.456. The van der Waals surface area contributed by atoms with Gasteiger partial charge in [0.15, 0.2) is 0 Å². The summed E-state index contributed by atoms with van der Waals surface area (Å²) in [7, 11) is 0. The van der Waals surface area contributed by atoms with Crippen molar-refractivity contribution in [2.75, 3.05) is 13.1 Å². The molecule has 0 bridgehead atoms. The van der Waals surface area contributed by atoms with E-state index in [1.807, 2.05) is 12.2 Å². The number of quaternary nitrogens is 1. The van der Waals surface area contributed by atoms with Crippen LogP contribution in [0.3, 0.4) is 0 Å². The molecule has 1 nitrogen and oxygen atoms in total. The molecule has 1 heterocycles. The molecule has 0 radical (unpaired) electrons. The zero-order chi connectivity index (χ0) is 13.3. The molecule has 0 fully saturated rings. The molecule has 98 valence electrons. The van der Waals surface area contributed by atoms with Gasteiger partial charge in [0.1, 0.15) is 25.0 Å². The van der Waals surface area contributed by atoms with E-state index in [2.05, 4.69) is 37.6 Å². The molecule has 2 aliphatic rings. The number of aryl methyl sites for hydroxylation is 1. The second-order valence-electron chi connectivity index (χ2n) is 5.64. The van der Waals surface area contributed by atoms with Crippen LogP contribution in [0.5, 0.6) is 0 Å². The topological polar surface area (TPSA) is 0 Å². The van der Waals surface area contributed by atoms with Crippen LogP contribution in [-0.4, -0.2) is 13.1 Å². The monoisotopic (exact) mass is 252 g/mol. The molecule has 1 heteroatoms. The quantitative estimate of drug-likeness (QED) is 0.555. The van der Waals surface area contributed by atoms with Gasteiger partial charge in [-0.05, 0) is 49.0 Å². The van der Waals surface area contributed by atoms with Crippen LogP contribution in [0.1, 0.15) is 29.5 Å². The van der Waals surface area contributed by atoms with Gasteiger partial charge in [-0.1, -0.05) is 19.2 Å². The van der Waals surface area contributed by atoms with Crippen molar-refractivity contribution < 1.29 is 0 Å². The Bertz CT molecular complexity index is 541. The first-order chi connectivity index (χ1) is 9.30. The molecule has 1 aromatic rings. The van der Waals surface area contributed by atoms with Crippen molar-refractivity contribution >= 4 is 11.8 Å². The van der Waals surface area contributed by atoms with Gasteiger partial charge in [-0.15, -0.1) is 0 Å². The maximum Gasteiger partial charge on any atom is 0.145 e. The van der Waals surface area contributed by atoms with Gasteiger partial charge in [-0.3, -0.25) is 4.48 Å². The van der Waals surface area contributed by atoms with E-state index in [0.717, 1.165) is 17.6 Å². The lowest BCUT2D eigenvalue weighted by Gasteiger charge is -2.31. The second kappa shape index (κ2) is 4.82. The standard InChI is InChI=1S/C18H22N/c1-3-12-19(13-4-2)14-11-17-16-8-6-5-7-15(16)9-10-18(17)19/h3-4,9-11,14H,1-2,5-8,12-13H2/q+1. The summed E-state index contributed by atoms with van der Waals surface area (Å²) in [6.45, 7) is 9.73. The van der Waals surface area contributed by atoms with E-state index >= 15 is 0 Å². The summed E-state index contributed by atoms with van der Waals surface area (Å²) in [5.41, 5.74) is 6.06. The molecule has 0 saturated carbocycles. The molecule has 0 aromatic heterocycles. The molecule has 0 unspecified atom stereocenters. The molecule has 1 aromatic carbocycles. The fraction of sp³-hybridized carbons (Fsp3) is 0.333. The van der Waals surface area contributed by atoms with E-state index in [1.54, 1.807) is 11.1 Å². The molecule has 0 saturated heterocycles. The number of benzene rings is 1. The molecule has 3 rings (SSSR count). The SMILES string of the molecule is C=CC[N+]1(CC=C)C=Cc2c1ccc1c2CCCC1. The van der Waals surface area contributed by atoms with Gasteiger partial charge in [-0.2, -0.15) is 0 Å². The number of fused-ring (bicyclic) bond motifs is 3. The van der Waals surface area contributed by atoms with E-state index < -0.39 is 0 Å². The molecular weight excluding hydrogens is 230 g/mol. The summed E-state index contributed by atoms with van der Waals surface area (Å²) in [5.74, 6) is 0. The highest BCUT2D eigenvalue weighted by Crippen LogP contribution is 2.40. The van der Waals surface area contributed by atoms with Crippen molar-refractivity contribution in [2.45, 2.75) is 25.7 Å². The van der Waals surface area contributed by atoms with Crippen molar-refractivity contribution in [3.63, 3.8) is 0 Å². The smallest absolute Gasteiger partial charge is 0.145 e. The van der Waals surface area contributed by atoms with E-state index in [4.69, 9.17) is 0 Å². The summed E-state index contributed by atoms with van der Waals surface area (Å²) in [6, 6.07) is 4.67. The van der Waals surface area contributed by atoms with Gasteiger partial charge < -0.3 is 0 Å². The third-order valence-corrected chi connectivity index (χ3v) is 4.47. The first-order valence-electron chi connectivity index (χ1n) is 7.24. The Balaban J connectivity index is 2.12. The van der Waals surface area contributed by atoms with E-state index in [9.17, 15) is 0 Å².